The molecule has 1 aliphatic rings. The van der Waals surface area contributed by atoms with Gasteiger partial charge in [-0.15, -0.1) is 0 Å². The number of hydrogen-bond donors (Lipinski definition) is 2. The fourth-order valence-electron chi connectivity index (χ4n) is 2.68. The number of ether oxygens (including phenoxy) is 1. The topological polar surface area (TPSA) is 58.7 Å². The van der Waals surface area contributed by atoms with Crippen molar-refractivity contribution in [1.82, 2.24) is 4.90 Å². The van der Waals surface area contributed by atoms with E-state index in [2.05, 4.69) is 11.0 Å². The summed E-state index contributed by atoms with van der Waals surface area (Å²) in [5.74, 6) is 0.869. The fraction of sp³-hybridized carbons (Fsp3) is 0.571. The first-order chi connectivity index (χ1) is 8.76. The summed E-state index contributed by atoms with van der Waals surface area (Å²) < 4.78 is 5.40. The maximum absolute atomic E-state index is 9.78. The summed E-state index contributed by atoms with van der Waals surface area (Å²) >= 11 is 0. The number of rotatable bonds is 4. The van der Waals surface area contributed by atoms with Crippen LogP contribution in [0.25, 0.3) is 0 Å². The predicted molar refractivity (Wildman–Crippen MR) is 71.6 cm³/mol. The highest BCUT2D eigenvalue weighted by Gasteiger charge is 2.26. The summed E-state index contributed by atoms with van der Waals surface area (Å²) in [6, 6.07) is 8.09. The molecule has 100 valence electrons. The molecule has 1 heterocycles. The lowest BCUT2D eigenvalue weighted by Crippen LogP contribution is -2.43. The zero-order chi connectivity index (χ0) is 13.0. The van der Waals surface area contributed by atoms with Crippen LogP contribution < -0.4 is 10.5 Å². The summed E-state index contributed by atoms with van der Waals surface area (Å²) in [6.45, 7) is 2.21. The summed E-state index contributed by atoms with van der Waals surface area (Å²) in [5, 5.41) is 9.78. The number of hydrogen-bond acceptors (Lipinski definition) is 4. The van der Waals surface area contributed by atoms with Crippen LogP contribution in [0, 0.1) is 0 Å². The smallest absolute Gasteiger partial charge is 0.123 e. The molecule has 0 aromatic heterocycles. The molecule has 2 rings (SSSR count). The molecule has 0 bridgehead atoms. The number of piperidine rings is 1. The van der Waals surface area contributed by atoms with Crippen molar-refractivity contribution in [3.05, 3.63) is 29.8 Å². The van der Waals surface area contributed by atoms with E-state index in [9.17, 15) is 5.11 Å². The maximum Gasteiger partial charge on any atom is 0.123 e. The summed E-state index contributed by atoms with van der Waals surface area (Å²) in [5.41, 5.74) is 7.03. The molecule has 0 aliphatic carbocycles. The van der Waals surface area contributed by atoms with E-state index in [4.69, 9.17) is 10.5 Å². The second kappa shape index (κ2) is 6.18. The van der Waals surface area contributed by atoms with Crippen molar-refractivity contribution in [2.24, 2.45) is 5.73 Å². The molecular formula is C14H22N2O2. The van der Waals surface area contributed by atoms with Gasteiger partial charge >= 0.3 is 0 Å². The van der Waals surface area contributed by atoms with Crippen LogP contribution >= 0.6 is 0 Å². The Morgan fingerprint density at radius 1 is 1.50 bits per heavy atom. The monoisotopic (exact) mass is 250 g/mol. The van der Waals surface area contributed by atoms with Gasteiger partial charge in [-0.1, -0.05) is 18.2 Å². The molecule has 0 saturated carbocycles. The van der Waals surface area contributed by atoms with Gasteiger partial charge in [0.15, 0.2) is 0 Å². The lowest BCUT2D eigenvalue weighted by atomic mass is 10.00. The number of benzene rings is 1. The number of aliphatic hydroxyl groups is 1. The quantitative estimate of drug-likeness (QED) is 0.841. The fourth-order valence-corrected chi connectivity index (χ4v) is 2.68. The van der Waals surface area contributed by atoms with Crippen molar-refractivity contribution in [1.29, 1.82) is 0 Å². The van der Waals surface area contributed by atoms with Crippen LogP contribution in [0.4, 0.5) is 0 Å². The van der Waals surface area contributed by atoms with Crippen molar-refractivity contribution in [2.75, 3.05) is 26.7 Å². The molecule has 4 heteroatoms. The second-order valence-corrected chi connectivity index (χ2v) is 4.78. The first-order valence-electron chi connectivity index (χ1n) is 6.51. The van der Waals surface area contributed by atoms with E-state index in [-0.39, 0.29) is 12.1 Å². The minimum atomic E-state index is -0.234. The summed E-state index contributed by atoms with van der Waals surface area (Å²) in [4.78, 5) is 2.26. The Bertz CT molecular complexity index is 384. The number of nitrogens with zero attached hydrogens (tertiary/aromatic N) is 1. The SMILES string of the molecule is COc1ccccc1C(CN)N1CCCC(O)C1. The van der Waals surface area contributed by atoms with E-state index in [1.165, 1.54) is 0 Å². The third kappa shape index (κ3) is 2.83. The Labute approximate surface area is 108 Å². The Morgan fingerprint density at radius 2 is 2.28 bits per heavy atom. The van der Waals surface area contributed by atoms with E-state index in [0.29, 0.717) is 13.1 Å². The van der Waals surface area contributed by atoms with Gasteiger partial charge in [-0.05, 0) is 25.5 Å². The molecular weight excluding hydrogens is 228 g/mol. The standard InChI is InChI=1S/C14H22N2O2/c1-18-14-7-3-2-6-12(14)13(9-15)16-8-4-5-11(17)10-16/h2-3,6-7,11,13,17H,4-5,8-10,15H2,1H3. The molecule has 0 radical (unpaired) electrons. The third-order valence-corrected chi connectivity index (χ3v) is 3.59. The van der Waals surface area contributed by atoms with E-state index in [0.717, 1.165) is 30.7 Å². The van der Waals surface area contributed by atoms with E-state index in [1.807, 2.05) is 18.2 Å². The van der Waals surface area contributed by atoms with Crippen molar-refractivity contribution in [3.63, 3.8) is 0 Å². The van der Waals surface area contributed by atoms with Crippen LogP contribution in [0.2, 0.25) is 0 Å². The van der Waals surface area contributed by atoms with Gasteiger partial charge < -0.3 is 15.6 Å². The molecule has 1 aliphatic heterocycles. The minimum absolute atomic E-state index is 0.121. The Kier molecular flexibility index (Phi) is 4.58. The number of likely N-dealkylation sites (tertiary alicyclic amines) is 1. The molecule has 2 atom stereocenters. The van der Waals surface area contributed by atoms with Gasteiger partial charge in [-0.25, -0.2) is 0 Å². The van der Waals surface area contributed by atoms with E-state index >= 15 is 0 Å². The first kappa shape index (κ1) is 13.3. The predicted octanol–water partition coefficient (Wildman–Crippen LogP) is 1.15. The van der Waals surface area contributed by atoms with Gasteiger partial charge in [-0.3, -0.25) is 4.90 Å². The molecule has 1 aromatic carbocycles. The molecule has 1 aromatic rings. The molecule has 1 fully saturated rings. The number of methoxy groups -OCH3 is 1. The lowest BCUT2D eigenvalue weighted by Gasteiger charge is -2.36. The van der Waals surface area contributed by atoms with E-state index in [1.54, 1.807) is 7.11 Å². The molecule has 18 heavy (non-hydrogen) atoms. The molecule has 4 nitrogen and oxygen atoms in total. The second-order valence-electron chi connectivity index (χ2n) is 4.78. The highest BCUT2D eigenvalue weighted by atomic mass is 16.5. The average molecular weight is 250 g/mol. The van der Waals surface area contributed by atoms with Gasteiger partial charge in [-0.2, -0.15) is 0 Å². The number of nitrogens with two attached hydrogens (primary N) is 1. The number of para-hydroxylation sites is 1. The normalized spacial score (nSPS) is 22.7. The average Bonchev–Trinajstić information content (AvgIpc) is 2.40. The third-order valence-electron chi connectivity index (χ3n) is 3.59. The van der Waals surface area contributed by atoms with E-state index < -0.39 is 0 Å². The minimum Gasteiger partial charge on any atom is -0.496 e. The molecule has 0 amide bonds. The first-order valence-corrected chi connectivity index (χ1v) is 6.51. The summed E-state index contributed by atoms with van der Waals surface area (Å²) in [7, 11) is 1.68. The summed E-state index contributed by atoms with van der Waals surface area (Å²) in [6.07, 6.45) is 1.68. The van der Waals surface area contributed by atoms with Crippen LogP contribution in [0.1, 0.15) is 24.4 Å². The Hall–Kier alpha value is -1.10. The van der Waals surface area contributed by atoms with Crippen LogP contribution in [0.3, 0.4) is 0 Å². The van der Waals surface area contributed by atoms with Crippen molar-refractivity contribution in [3.8, 4) is 5.75 Å². The van der Waals surface area contributed by atoms with Crippen LogP contribution in [-0.2, 0) is 0 Å². The molecule has 1 saturated heterocycles. The van der Waals surface area contributed by atoms with Gasteiger partial charge in [0.1, 0.15) is 5.75 Å². The van der Waals surface area contributed by atoms with Crippen molar-refractivity contribution in [2.45, 2.75) is 25.0 Å². The zero-order valence-electron chi connectivity index (χ0n) is 10.9. The van der Waals surface area contributed by atoms with Gasteiger partial charge in [0.2, 0.25) is 0 Å². The Balaban J connectivity index is 2.21. The number of aliphatic hydroxyl groups excluding tert-OH is 1. The van der Waals surface area contributed by atoms with Crippen molar-refractivity contribution < 1.29 is 9.84 Å². The van der Waals surface area contributed by atoms with Crippen LogP contribution in [0.15, 0.2) is 24.3 Å². The molecule has 3 N–H and O–H groups in total. The lowest BCUT2D eigenvalue weighted by molar-refractivity contribution is 0.0474. The van der Waals surface area contributed by atoms with Crippen LogP contribution in [0.5, 0.6) is 5.75 Å². The Morgan fingerprint density at radius 3 is 2.94 bits per heavy atom. The zero-order valence-corrected chi connectivity index (χ0v) is 10.9. The van der Waals surface area contributed by atoms with Crippen LogP contribution in [-0.4, -0.2) is 42.9 Å². The van der Waals surface area contributed by atoms with Gasteiger partial charge in [0, 0.05) is 18.7 Å². The van der Waals surface area contributed by atoms with Crippen molar-refractivity contribution >= 4 is 0 Å². The molecule has 0 spiro atoms. The maximum atomic E-state index is 9.78. The highest BCUT2D eigenvalue weighted by Crippen LogP contribution is 2.30. The van der Waals surface area contributed by atoms with Gasteiger partial charge in [0.25, 0.3) is 0 Å². The highest BCUT2D eigenvalue weighted by molar-refractivity contribution is 5.36. The molecule has 2 unspecified atom stereocenters. The van der Waals surface area contributed by atoms with Gasteiger partial charge in [0.05, 0.1) is 19.3 Å². The largest absolute Gasteiger partial charge is 0.496 e. The number of β-amino-alcohol motifs (C(OH)–C–C–N with tert-alkyl or cyclic N) is 1.